The van der Waals surface area contributed by atoms with Gasteiger partial charge in [0.05, 0.1) is 20.8 Å². The van der Waals surface area contributed by atoms with Gasteiger partial charge in [0.2, 0.25) is 5.95 Å². The van der Waals surface area contributed by atoms with Gasteiger partial charge >= 0.3 is 6.09 Å². The molecular weight excluding hydrogens is 594 g/mol. The van der Waals surface area contributed by atoms with E-state index in [0.29, 0.717) is 29.0 Å². The van der Waals surface area contributed by atoms with Crippen LogP contribution in [-0.2, 0) is 6.54 Å². The summed E-state index contributed by atoms with van der Waals surface area (Å²) in [5.74, 6) is 2.49. The van der Waals surface area contributed by atoms with Gasteiger partial charge in [-0.05, 0) is 87.6 Å². The van der Waals surface area contributed by atoms with Crippen molar-refractivity contribution in [1.82, 2.24) is 19.8 Å². The number of aromatic nitrogens is 2. The summed E-state index contributed by atoms with van der Waals surface area (Å²) in [5, 5.41) is 3.30. The molecule has 0 unspecified atom stereocenters. The summed E-state index contributed by atoms with van der Waals surface area (Å²) in [6, 6.07) is 21.2. The number of para-hydroxylation sites is 1. The molecule has 1 aliphatic heterocycles. The van der Waals surface area contributed by atoms with Gasteiger partial charge in [0.1, 0.15) is 23.1 Å². The zero-order valence-corrected chi connectivity index (χ0v) is 28.2. The number of ether oxygens (including phenoxy) is 3. The molecule has 0 spiro atoms. The first-order valence-electron chi connectivity index (χ1n) is 15.8. The Labute approximate surface area is 277 Å². The molecule has 1 aromatic heterocycles. The highest BCUT2D eigenvalue weighted by atomic mass is 16.6. The molecule has 0 radical (unpaired) electrons. The number of methoxy groups -OCH3 is 2. The molecule has 0 atom stereocenters. The van der Waals surface area contributed by atoms with Gasteiger partial charge in [-0.15, -0.1) is 0 Å². The van der Waals surface area contributed by atoms with Crippen LogP contribution in [-0.4, -0.2) is 93.4 Å². The second-order valence-corrected chi connectivity index (χ2v) is 11.9. The lowest BCUT2D eigenvalue weighted by Crippen LogP contribution is -2.48. The van der Waals surface area contributed by atoms with Crippen LogP contribution in [0.5, 0.6) is 17.2 Å². The number of nitrogens with zero attached hydrogens (tertiary/aromatic N) is 6. The zero-order valence-electron chi connectivity index (χ0n) is 28.2. The molecule has 11 heteroatoms. The fraction of sp³-hybridized carbons (Fsp3) is 0.361. The molecule has 2 heterocycles. The number of rotatable bonds is 12. The Morgan fingerprint density at radius 1 is 0.915 bits per heavy atom. The van der Waals surface area contributed by atoms with E-state index in [1.54, 1.807) is 26.5 Å². The van der Waals surface area contributed by atoms with Crippen molar-refractivity contribution >= 4 is 29.2 Å². The number of carbonyl (C=O) groups is 1. The van der Waals surface area contributed by atoms with Crippen LogP contribution in [0, 0.1) is 13.8 Å². The Morgan fingerprint density at radius 2 is 1.64 bits per heavy atom. The van der Waals surface area contributed by atoms with Crippen molar-refractivity contribution in [2.75, 3.05) is 82.7 Å². The number of likely N-dealkylation sites (N-methyl/N-ethyl adjacent to an activating group) is 1. The van der Waals surface area contributed by atoms with E-state index in [2.05, 4.69) is 51.2 Å². The smallest absolute Gasteiger partial charge is 0.421 e. The quantitative estimate of drug-likeness (QED) is 0.207. The largest absolute Gasteiger partial charge is 0.497 e. The van der Waals surface area contributed by atoms with E-state index in [9.17, 15) is 4.79 Å². The molecule has 0 bridgehead atoms. The Balaban J connectivity index is 1.34. The van der Waals surface area contributed by atoms with Gasteiger partial charge in [-0.25, -0.2) is 9.78 Å². The lowest BCUT2D eigenvalue weighted by Gasteiger charge is -2.36. The van der Waals surface area contributed by atoms with Crippen LogP contribution in [0.15, 0.2) is 72.9 Å². The SMILES string of the molecule is COc1ccc(OC)c(CN(C(=O)Oc2c(C)cccc2C)c2ccnc(Nc3ccc(N4CCN(CCN(C)C)CC4)cc3)n2)c1. The lowest BCUT2D eigenvalue weighted by molar-refractivity contribution is 0.206. The van der Waals surface area contributed by atoms with Crippen molar-refractivity contribution in [2.45, 2.75) is 20.4 Å². The van der Waals surface area contributed by atoms with Crippen molar-refractivity contribution in [1.29, 1.82) is 0 Å². The minimum atomic E-state index is -0.580. The summed E-state index contributed by atoms with van der Waals surface area (Å²) < 4.78 is 17.0. The van der Waals surface area contributed by atoms with E-state index in [0.717, 1.165) is 61.6 Å². The Morgan fingerprint density at radius 3 is 2.30 bits per heavy atom. The standard InChI is InChI=1S/C36H45N7O4/c1-26-8-7-9-27(2)34(26)47-36(44)43(25-28-24-31(45-5)14-15-32(28)46-6)33-16-17-37-35(39-33)38-29-10-12-30(13-11-29)42-22-20-41(21-23-42)19-18-40(3)4/h7-17,24H,18-23,25H2,1-6H3,(H,37,38,39). The predicted molar refractivity (Wildman–Crippen MR) is 187 cm³/mol. The van der Waals surface area contributed by atoms with E-state index in [-0.39, 0.29) is 6.54 Å². The molecular formula is C36H45N7O4. The molecule has 5 rings (SSSR count). The van der Waals surface area contributed by atoms with E-state index < -0.39 is 6.09 Å². The number of aryl methyl sites for hydroxylation is 2. The molecule has 1 N–H and O–H groups in total. The number of hydrogen-bond donors (Lipinski definition) is 1. The summed E-state index contributed by atoms with van der Waals surface area (Å²) in [6.07, 6.45) is 1.04. The van der Waals surface area contributed by atoms with Crippen LogP contribution in [0.1, 0.15) is 16.7 Å². The Kier molecular flexibility index (Phi) is 11.1. The highest BCUT2D eigenvalue weighted by Gasteiger charge is 2.24. The van der Waals surface area contributed by atoms with E-state index in [1.807, 2.05) is 62.4 Å². The van der Waals surface area contributed by atoms with Gasteiger partial charge in [0, 0.05) is 62.4 Å². The molecule has 1 aliphatic rings. The average Bonchev–Trinajstić information content (AvgIpc) is 3.08. The van der Waals surface area contributed by atoms with Crippen molar-refractivity contribution in [2.24, 2.45) is 0 Å². The Bertz CT molecular complexity index is 1620. The maximum atomic E-state index is 13.9. The minimum absolute atomic E-state index is 0.123. The van der Waals surface area contributed by atoms with Crippen LogP contribution in [0.3, 0.4) is 0 Å². The van der Waals surface area contributed by atoms with Crippen LogP contribution >= 0.6 is 0 Å². The van der Waals surface area contributed by atoms with Crippen molar-refractivity contribution in [3.8, 4) is 17.2 Å². The maximum absolute atomic E-state index is 13.9. The topological polar surface area (TPSA) is 95.5 Å². The molecule has 11 nitrogen and oxygen atoms in total. The highest BCUT2D eigenvalue weighted by molar-refractivity contribution is 5.88. The zero-order chi connectivity index (χ0) is 33.3. The van der Waals surface area contributed by atoms with Crippen molar-refractivity contribution < 1.29 is 19.0 Å². The number of hydrogen-bond acceptors (Lipinski definition) is 10. The van der Waals surface area contributed by atoms with Crippen LogP contribution < -0.4 is 29.3 Å². The van der Waals surface area contributed by atoms with Gasteiger partial charge < -0.3 is 29.3 Å². The first-order valence-corrected chi connectivity index (χ1v) is 15.8. The summed E-state index contributed by atoms with van der Waals surface area (Å²) in [6.45, 7) is 10.2. The average molecular weight is 640 g/mol. The summed E-state index contributed by atoms with van der Waals surface area (Å²) in [7, 11) is 7.42. The third-order valence-electron chi connectivity index (χ3n) is 8.28. The van der Waals surface area contributed by atoms with Gasteiger partial charge in [-0.2, -0.15) is 4.98 Å². The molecule has 248 valence electrons. The molecule has 0 aliphatic carbocycles. The molecule has 0 saturated carbocycles. The normalized spacial score (nSPS) is 13.4. The molecule has 1 fully saturated rings. The van der Waals surface area contributed by atoms with Crippen molar-refractivity contribution in [3.05, 3.63) is 89.6 Å². The van der Waals surface area contributed by atoms with Gasteiger partial charge in [-0.1, -0.05) is 18.2 Å². The monoisotopic (exact) mass is 639 g/mol. The fourth-order valence-electron chi connectivity index (χ4n) is 5.53. The minimum Gasteiger partial charge on any atom is -0.497 e. The van der Waals surface area contributed by atoms with E-state index in [1.165, 1.54) is 10.6 Å². The second kappa shape index (κ2) is 15.6. The number of benzene rings is 3. The number of piperazine rings is 1. The van der Waals surface area contributed by atoms with E-state index in [4.69, 9.17) is 19.2 Å². The van der Waals surface area contributed by atoms with E-state index >= 15 is 0 Å². The number of amides is 1. The number of carbonyl (C=O) groups excluding carboxylic acids is 1. The Hall–Kier alpha value is -4.87. The molecule has 1 amide bonds. The summed E-state index contributed by atoms with van der Waals surface area (Å²) in [5.41, 5.74) is 4.47. The molecule has 3 aromatic carbocycles. The molecule has 1 saturated heterocycles. The van der Waals surface area contributed by atoms with Crippen LogP contribution in [0.4, 0.5) is 27.9 Å². The maximum Gasteiger partial charge on any atom is 0.421 e. The number of anilines is 4. The van der Waals surface area contributed by atoms with Crippen LogP contribution in [0.2, 0.25) is 0 Å². The van der Waals surface area contributed by atoms with Crippen molar-refractivity contribution in [3.63, 3.8) is 0 Å². The van der Waals surface area contributed by atoms with Gasteiger partial charge in [0.15, 0.2) is 0 Å². The third kappa shape index (κ3) is 8.69. The predicted octanol–water partition coefficient (Wildman–Crippen LogP) is 5.74. The fourth-order valence-corrected chi connectivity index (χ4v) is 5.53. The molecule has 4 aromatic rings. The lowest BCUT2D eigenvalue weighted by atomic mass is 10.1. The first kappa shape index (κ1) is 33.5. The van der Waals surface area contributed by atoms with Gasteiger partial charge in [-0.3, -0.25) is 9.80 Å². The first-order chi connectivity index (χ1) is 22.7. The number of nitrogens with one attached hydrogen (secondary N) is 1. The molecule has 47 heavy (non-hydrogen) atoms. The van der Waals surface area contributed by atoms with Gasteiger partial charge in [0.25, 0.3) is 0 Å². The second-order valence-electron chi connectivity index (χ2n) is 11.9. The third-order valence-corrected chi connectivity index (χ3v) is 8.28. The summed E-state index contributed by atoms with van der Waals surface area (Å²) >= 11 is 0. The van der Waals surface area contributed by atoms with Crippen LogP contribution in [0.25, 0.3) is 0 Å². The summed E-state index contributed by atoms with van der Waals surface area (Å²) in [4.78, 5) is 31.7. The highest BCUT2D eigenvalue weighted by Crippen LogP contribution is 2.30.